The molecule has 1 aromatic heterocycles. The number of hydrogen-bond donors (Lipinski definition) is 2. The summed E-state index contributed by atoms with van der Waals surface area (Å²) in [5, 5.41) is 3.10. The van der Waals surface area contributed by atoms with Crippen LogP contribution >= 0.6 is 0 Å². The standard InChI is InChI=1S/C7H9N3O.C2H6/c8-5-3-6-7(10-4-5)9-1-2-11-6;1-2/h3-4H,1-2,8H2,(H,9,10);1-2H3. The van der Waals surface area contributed by atoms with Crippen molar-refractivity contribution in [2.75, 3.05) is 24.2 Å². The molecule has 3 N–H and O–H groups in total. The summed E-state index contributed by atoms with van der Waals surface area (Å²) in [5.41, 5.74) is 6.14. The van der Waals surface area contributed by atoms with Crippen LogP contribution in [0, 0.1) is 0 Å². The van der Waals surface area contributed by atoms with Gasteiger partial charge in [0.25, 0.3) is 0 Å². The van der Waals surface area contributed by atoms with Crippen LogP contribution in [0.5, 0.6) is 5.75 Å². The summed E-state index contributed by atoms with van der Waals surface area (Å²) < 4.78 is 5.30. The summed E-state index contributed by atoms with van der Waals surface area (Å²) in [5.74, 6) is 1.53. The molecule has 0 amide bonds. The van der Waals surface area contributed by atoms with E-state index in [1.54, 1.807) is 12.3 Å². The van der Waals surface area contributed by atoms with Gasteiger partial charge in [0, 0.05) is 6.07 Å². The van der Waals surface area contributed by atoms with Gasteiger partial charge in [-0.15, -0.1) is 0 Å². The second kappa shape index (κ2) is 4.54. The van der Waals surface area contributed by atoms with E-state index in [1.807, 2.05) is 13.8 Å². The third kappa shape index (κ3) is 2.24. The first-order chi connectivity index (χ1) is 6.36. The first kappa shape index (κ1) is 9.64. The van der Waals surface area contributed by atoms with E-state index in [4.69, 9.17) is 10.5 Å². The highest BCUT2D eigenvalue weighted by molar-refractivity contribution is 5.57. The zero-order valence-electron chi connectivity index (χ0n) is 8.00. The molecule has 1 aliphatic rings. The van der Waals surface area contributed by atoms with Crippen molar-refractivity contribution in [3.05, 3.63) is 12.3 Å². The van der Waals surface area contributed by atoms with Gasteiger partial charge < -0.3 is 15.8 Å². The quantitative estimate of drug-likeness (QED) is 0.636. The van der Waals surface area contributed by atoms with Gasteiger partial charge in [-0.2, -0.15) is 0 Å². The molecule has 0 saturated carbocycles. The van der Waals surface area contributed by atoms with Gasteiger partial charge in [-0.3, -0.25) is 0 Å². The van der Waals surface area contributed by atoms with E-state index in [1.165, 1.54) is 0 Å². The SMILES string of the molecule is CC.Nc1cnc2c(c1)OCCN2. The van der Waals surface area contributed by atoms with Crippen molar-refractivity contribution in [2.45, 2.75) is 13.8 Å². The van der Waals surface area contributed by atoms with Crippen LogP contribution in [0.15, 0.2) is 12.3 Å². The molecule has 0 atom stereocenters. The summed E-state index contributed by atoms with van der Waals surface area (Å²) in [6.45, 7) is 5.49. The molecule has 0 fully saturated rings. The third-order valence-electron chi connectivity index (χ3n) is 1.53. The predicted molar refractivity (Wildman–Crippen MR) is 54.0 cm³/mol. The highest BCUT2D eigenvalue weighted by atomic mass is 16.5. The molecule has 0 saturated heterocycles. The zero-order valence-corrected chi connectivity index (χ0v) is 8.00. The van der Waals surface area contributed by atoms with E-state index in [9.17, 15) is 0 Å². The van der Waals surface area contributed by atoms with Crippen LogP contribution < -0.4 is 15.8 Å². The van der Waals surface area contributed by atoms with Gasteiger partial charge in [-0.1, -0.05) is 13.8 Å². The predicted octanol–water partition coefficient (Wildman–Crippen LogP) is 1.49. The van der Waals surface area contributed by atoms with Crippen LogP contribution in [-0.2, 0) is 0 Å². The number of aromatic nitrogens is 1. The number of ether oxygens (including phenoxy) is 1. The summed E-state index contributed by atoms with van der Waals surface area (Å²) in [7, 11) is 0. The van der Waals surface area contributed by atoms with E-state index in [-0.39, 0.29) is 0 Å². The molecule has 13 heavy (non-hydrogen) atoms. The van der Waals surface area contributed by atoms with Crippen molar-refractivity contribution in [2.24, 2.45) is 0 Å². The average Bonchev–Trinajstić information content (AvgIpc) is 2.21. The molecule has 1 aliphatic heterocycles. The van der Waals surface area contributed by atoms with Gasteiger partial charge in [0.2, 0.25) is 0 Å². The van der Waals surface area contributed by atoms with Crippen LogP contribution in [0.3, 0.4) is 0 Å². The Morgan fingerprint density at radius 1 is 1.54 bits per heavy atom. The molecule has 0 aliphatic carbocycles. The van der Waals surface area contributed by atoms with Crippen molar-refractivity contribution in [3.63, 3.8) is 0 Å². The van der Waals surface area contributed by atoms with Crippen molar-refractivity contribution >= 4 is 11.5 Å². The fourth-order valence-electron chi connectivity index (χ4n) is 1.03. The van der Waals surface area contributed by atoms with Gasteiger partial charge in [-0.05, 0) is 0 Å². The van der Waals surface area contributed by atoms with Crippen molar-refractivity contribution in [3.8, 4) is 5.75 Å². The fourth-order valence-corrected chi connectivity index (χ4v) is 1.03. The maximum atomic E-state index is 5.51. The average molecular weight is 181 g/mol. The number of nitrogens with zero attached hydrogens (tertiary/aromatic N) is 1. The van der Waals surface area contributed by atoms with E-state index >= 15 is 0 Å². The number of pyridine rings is 1. The van der Waals surface area contributed by atoms with Gasteiger partial charge in [0.15, 0.2) is 11.6 Å². The first-order valence-electron chi connectivity index (χ1n) is 4.48. The zero-order chi connectivity index (χ0) is 9.68. The number of anilines is 2. The van der Waals surface area contributed by atoms with Crippen LogP contribution in [0.25, 0.3) is 0 Å². The molecule has 1 aromatic rings. The summed E-state index contributed by atoms with van der Waals surface area (Å²) in [6.07, 6.45) is 1.61. The van der Waals surface area contributed by atoms with Crippen molar-refractivity contribution in [1.82, 2.24) is 4.98 Å². The highest BCUT2D eigenvalue weighted by Crippen LogP contribution is 2.25. The molecule has 0 aromatic carbocycles. The Morgan fingerprint density at radius 2 is 2.31 bits per heavy atom. The Morgan fingerprint density at radius 3 is 3.08 bits per heavy atom. The minimum Gasteiger partial charge on any atom is -0.488 e. The van der Waals surface area contributed by atoms with Crippen molar-refractivity contribution < 1.29 is 4.74 Å². The number of rotatable bonds is 0. The normalized spacial score (nSPS) is 12.8. The number of nitrogens with one attached hydrogen (secondary N) is 1. The highest BCUT2D eigenvalue weighted by Gasteiger charge is 2.09. The Labute approximate surface area is 78.1 Å². The Hall–Kier alpha value is -1.45. The second-order valence-corrected chi connectivity index (χ2v) is 2.39. The molecule has 2 heterocycles. The lowest BCUT2D eigenvalue weighted by atomic mass is 10.3. The minimum atomic E-state index is 0.632. The van der Waals surface area contributed by atoms with E-state index in [2.05, 4.69) is 10.3 Å². The maximum Gasteiger partial charge on any atom is 0.169 e. The maximum absolute atomic E-state index is 5.51. The lowest BCUT2D eigenvalue weighted by molar-refractivity contribution is 0.321. The topological polar surface area (TPSA) is 60.2 Å². The molecular formula is C9H15N3O. The fraction of sp³-hybridized carbons (Fsp3) is 0.444. The number of nitrogen functional groups attached to an aromatic ring is 1. The molecule has 0 unspecified atom stereocenters. The summed E-state index contributed by atoms with van der Waals surface area (Å²) in [6, 6.07) is 1.77. The lowest BCUT2D eigenvalue weighted by Crippen LogP contribution is -2.19. The monoisotopic (exact) mass is 181 g/mol. The Balaban J connectivity index is 0.000000396. The molecule has 72 valence electrons. The molecule has 4 nitrogen and oxygen atoms in total. The van der Waals surface area contributed by atoms with Crippen LogP contribution in [0.4, 0.5) is 11.5 Å². The minimum absolute atomic E-state index is 0.632. The Kier molecular flexibility index (Phi) is 3.37. The van der Waals surface area contributed by atoms with Gasteiger partial charge in [-0.25, -0.2) is 4.98 Å². The number of fused-ring (bicyclic) bond motifs is 1. The molecule has 0 radical (unpaired) electrons. The van der Waals surface area contributed by atoms with Gasteiger partial charge >= 0.3 is 0 Å². The van der Waals surface area contributed by atoms with E-state index in [0.29, 0.717) is 12.3 Å². The van der Waals surface area contributed by atoms with Crippen LogP contribution in [0.2, 0.25) is 0 Å². The Bertz CT molecular complexity index is 276. The second-order valence-electron chi connectivity index (χ2n) is 2.39. The van der Waals surface area contributed by atoms with Crippen molar-refractivity contribution in [1.29, 1.82) is 0 Å². The largest absolute Gasteiger partial charge is 0.488 e. The summed E-state index contributed by atoms with van der Waals surface area (Å²) >= 11 is 0. The molecule has 0 spiro atoms. The smallest absolute Gasteiger partial charge is 0.169 e. The first-order valence-corrected chi connectivity index (χ1v) is 4.48. The van der Waals surface area contributed by atoms with E-state index < -0.39 is 0 Å². The number of nitrogens with two attached hydrogens (primary N) is 1. The van der Waals surface area contributed by atoms with Gasteiger partial charge in [0.05, 0.1) is 18.4 Å². The van der Waals surface area contributed by atoms with Gasteiger partial charge in [0.1, 0.15) is 6.61 Å². The third-order valence-corrected chi connectivity index (χ3v) is 1.53. The summed E-state index contributed by atoms with van der Waals surface area (Å²) in [4.78, 5) is 4.06. The molecular weight excluding hydrogens is 166 g/mol. The molecule has 4 heteroatoms. The number of hydrogen-bond acceptors (Lipinski definition) is 4. The van der Waals surface area contributed by atoms with Crippen LogP contribution in [-0.4, -0.2) is 18.1 Å². The van der Waals surface area contributed by atoms with Crippen LogP contribution in [0.1, 0.15) is 13.8 Å². The molecule has 2 rings (SSSR count). The molecule has 0 bridgehead atoms. The lowest BCUT2D eigenvalue weighted by Gasteiger charge is -2.17. The van der Waals surface area contributed by atoms with E-state index in [0.717, 1.165) is 18.1 Å².